The summed E-state index contributed by atoms with van der Waals surface area (Å²) in [4.78, 5) is 0. The molecule has 58 heavy (non-hydrogen) atoms. The van der Waals surface area contributed by atoms with Crippen LogP contribution in [0.15, 0.2) is 72.8 Å². The van der Waals surface area contributed by atoms with Gasteiger partial charge in [0.25, 0.3) is 0 Å². The zero-order valence-corrected chi connectivity index (χ0v) is 35.4. The predicted octanol–water partition coefficient (Wildman–Crippen LogP) is 6.22. The summed E-state index contributed by atoms with van der Waals surface area (Å²) in [6.45, 7) is 18.3. The normalized spacial score (nSPS) is 13.1. The topological polar surface area (TPSA) is 122 Å². The molecule has 0 aliphatic carbocycles. The Kier molecular flexibility index (Phi) is 27.9. The molecule has 3 unspecified atom stereocenters. The van der Waals surface area contributed by atoms with E-state index in [0.29, 0.717) is 132 Å². The van der Waals surface area contributed by atoms with Gasteiger partial charge in [0.2, 0.25) is 0 Å². The predicted molar refractivity (Wildman–Crippen MR) is 224 cm³/mol. The highest BCUT2D eigenvalue weighted by molar-refractivity contribution is 5.50. The molecule has 3 aromatic carbocycles. The summed E-state index contributed by atoms with van der Waals surface area (Å²) in [5.74, 6) is 1.36. The number of rotatable bonds is 37. The highest BCUT2D eigenvalue weighted by Gasteiger charge is 2.20. The molecule has 0 heterocycles. The number of aliphatic hydroxyl groups excluding tert-OH is 1. The average Bonchev–Trinajstić information content (AvgIpc) is 3.25. The van der Waals surface area contributed by atoms with Gasteiger partial charge < -0.3 is 57.2 Å². The van der Waals surface area contributed by atoms with E-state index in [9.17, 15) is 0 Å². The molecular formula is C46H70O12. The standard InChI is InChI=1S/C46H70O12/c1-38-35-46(45(41(4)43-13-9-6-10-14-43)36-44(38)40(3)42-11-7-5-8-12-42)58-34-32-56-30-28-54-26-24-52-22-20-50-18-16-48-15-17-49-19-21-51-23-25-53-27-29-55-31-33-57-39(2)37-47/h5-14,35-36,39-41,47H,15-34,37H2,1-4H3. The summed E-state index contributed by atoms with van der Waals surface area (Å²) in [6, 6.07) is 25.8. The van der Waals surface area contributed by atoms with Gasteiger partial charge in [-0.15, -0.1) is 0 Å². The first kappa shape index (κ1) is 49.4. The molecule has 0 aliphatic rings. The second-order valence-corrected chi connectivity index (χ2v) is 13.7. The van der Waals surface area contributed by atoms with Crippen molar-refractivity contribution in [1.29, 1.82) is 0 Å². The van der Waals surface area contributed by atoms with Crippen LogP contribution >= 0.6 is 0 Å². The molecular weight excluding hydrogens is 744 g/mol. The molecule has 12 heteroatoms. The SMILES string of the molecule is Cc1cc(OCCOCCOCCOCCOCCOCCOCCOCCOCCOCCOC(C)CO)c(C(C)c2ccccc2)cc1C(C)c1ccccc1. The zero-order chi connectivity index (χ0) is 41.3. The third-order valence-corrected chi connectivity index (χ3v) is 9.28. The van der Waals surface area contributed by atoms with E-state index in [1.807, 2.05) is 6.92 Å². The van der Waals surface area contributed by atoms with Crippen molar-refractivity contribution in [3.63, 3.8) is 0 Å². The highest BCUT2D eigenvalue weighted by atomic mass is 16.6. The molecule has 0 saturated carbocycles. The van der Waals surface area contributed by atoms with Crippen molar-refractivity contribution in [2.24, 2.45) is 0 Å². The second kappa shape index (κ2) is 32.8. The summed E-state index contributed by atoms with van der Waals surface area (Å²) in [5.41, 5.74) is 6.28. The van der Waals surface area contributed by atoms with E-state index in [0.717, 1.165) is 5.75 Å². The summed E-state index contributed by atoms with van der Waals surface area (Å²) in [6.07, 6.45) is -0.166. The van der Waals surface area contributed by atoms with Gasteiger partial charge in [-0.2, -0.15) is 0 Å². The van der Waals surface area contributed by atoms with Gasteiger partial charge >= 0.3 is 0 Å². The van der Waals surface area contributed by atoms with Crippen LogP contribution in [0.1, 0.15) is 60.4 Å². The number of hydrogen-bond donors (Lipinski definition) is 1. The van der Waals surface area contributed by atoms with Gasteiger partial charge in [0.1, 0.15) is 12.4 Å². The maximum Gasteiger partial charge on any atom is 0.123 e. The van der Waals surface area contributed by atoms with Crippen LogP contribution in [0, 0.1) is 6.92 Å². The van der Waals surface area contributed by atoms with Crippen molar-refractivity contribution in [2.45, 2.75) is 45.6 Å². The maximum atomic E-state index is 8.88. The molecule has 12 nitrogen and oxygen atoms in total. The van der Waals surface area contributed by atoms with E-state index >= 15 is 0 Å². The average molecular weight is 815 g/mol. The van der Waals surface area contributed by atoms with Crippen molar-refractivity contribution >= 4 is 0 Å². The highest BCUT2D eigenvalue weighted by Crippen LogP contribution is 2.37. The Bertz CT molecular complexity index is 1400. The van der Waals surface area contributed by atoms with E-state index < -0.39 is 0 Å². The minimum Gasteiger partial charge on any atom is -0.491 e. The molecule has 1 N–H and O–H groups in total. The number of hydrogen-bond acceptors (Lipinski definition) is 12. The molecule has 0 saturated heterocycles. The fourth-order valence-electron chi connectivity index (χ4n) is 5.92. The molecule has 0 aromatic heterocycles. The van der Waals surface area contributed by atoms with Gasteiger partial charge in [0, 0.05) is 17.4 Å². The van der Waals surface area contributed by atoms with E-state index in [-0.39, 0.29) is 24.5 Å². The molecule has 0 aliphatic heterocycles. The van der Waals surface area contributed by atoms with Gasteiger partial charge in [-0.3, -0.25) is 0 Å². The minimum absolute atomic E-state index is 0.00934. The lowest BCUT2D eigenvalue weighted by Gasteiger charge is -2.23. The van der Waals surface area contributed by atoms with Gasteiger partial charge in [-0.1, -0.05) is 80.6 Å². The first-order valence-electron chi connectivity index (χ1n) is 20.8. The van der Waals surface area contributed by atoms with E-state index in [2.05, 4.69) is 93.6 Å². The zero-order valence-electron chi connectivity index (χ0n) is 35.4. The lowest BCUT2D eigenvalue weighted by Crippen LogP contribution is -2.17. The quantitative estimate of drug-likeness (QED) is 0.0666. The van der Waals surface area contributed by atoms with Crippen LogP contribution in [0.5, 0.6) is 5.75 Å². The lowest BCUT2D eigenvalue weighted by molar-refractivity contribution is -0.0328. The molecule has 3 aromatic rings. The van der Waals surface area contributed by atoms with Crippen molar-refractivity contribution in [1.82, 2.24) is 0 Å². The van der Waals surface area contributed by atoms with Gasteiger partial charge in [0.15, 0.2) is 0 Å². The Morgan fingerprint density at radius 2 is 0.741 bits per heavy atom. The van der Waals surface area contributed by atoms with Crippen LogP contribution in [0.4, 0.5) is 0 Å². The van der Waals surface area contributed by atoms with Crippen LogP contribution in [0.2, 0.25) is 0 Å². The summed E-state index contributed by atoms with van der Waals surface area (Å²) < 4.78 is 61.6. The molecule has 3 rings (SSSR count). The minimum atomic E-state index is -0.166. The lowest BCUT2D eigenvalue weighted by atomic mass is 9.84. The van der Waals surface area contributed by atoms with Crippen LogP contribution in [0.3, 0.4) is 0 Å². The van der Waals surface area contributed by atoms with Crippen molar-refractivity contribution in [2.75, 3.05) is 139 Å². The fourth-order valence-corrected chi connectivity index (χ4v) is 5.92. The third kappa shape index (κ3) is 21.9. The summed E-state index contributed by atoms with van der Waals surface area (Å²) in [7, 11) is 0. The maximum absolute atomic E-state index is 8.88. The van der Waals surface area contributed by atoms with Crippen molar-refractivity contribution in [3.05, 3.63) is 101 Å². The third-order valence-electron chi connectivity index (χ3n) is 9.28. The smallest absolute Gasteiger partial charge is 0.123 e. The number of aliphatic hydroxyl groups is 1. The molecule has 0 radical (unpaired) electrons. The molecule has 0 amide bonds. The second-order valence-electron chi connectivity index (χ2n) is 13.7. The van der Waals surface area contributed by atoms with E-state index in [4.69, 9.17) is 57.2 Å². The van der Waals surface area contributed by atoms with E-state index in [1.54, 1.807) is 0 Å². The molecule has 0 bridgehead atoms. The largest absolute Gasteiger partial charge is 0.491 e. The molecule has 0 fully saturated rings. The fraction of sp³-hybridized carbons (Fsp3) is 0.609. The monoisotopic (exact) mass is 814 g/mol. The summed E-state index contributed by atoms with van der Waals surface area (Å²) in [5, 5.41) is 8.88. The molecule has 3 atom stereocenters. The number of aryl methyl sites for hydroxylation is 1. The molecule has 326 valence electrons. The van der Waals surface area contributed by atoms with Gasteiger partial charge in [-0.05, 0) is 42.2 Å². The van der Waals surface area contributed by atoms with Crippen LogP contribution in [0.25, 0.3) is 0 Å². The Hall–Kier alpha value is -2.98. The number of benzene rings is 3. The first-order chi connectivity index (χ1) is 28.5. The Morgan fingerprint density at radius 3 is 1.10 bits per heavy atom. The van der Waals surface area contributed by atoms with Crippen LogP contribution < -0.4 is 4.74 Å². The Labute approximate surface area is 347 Å². The van der Waals surface area contributed by atoms with Crippen LogP contribution in [-0.4, -0.2) is 150 Å². The number of ether oxygens (including phenoxy) is 11. The van der Waals surface area contributed by atoms with Crippen LogP contribution in [-0.2, 0) is 47.4 Å². The first-order valence-corrected chi connectivity index (χ1v) is 20.8. The van der Waals surface area contributed by atoms with Crippen molar-refractivity contribution < 1.29 is 57.2 Å². The molecule has 0 spiro atoms. The Balaban J connectivity index is 1.10. The van der Waals surface area contributed by atoms with Gasteiger partial charge in [-0.25, -0.2) is 0 Å². The summed E-state index contributed by atoms with van der Waals surface area (Å²) >= 11 is 0. The van der Waals surface area contributed by atoms with E-state index in [1.165, 1.54) is 27.8 Å². The van der Waals surface area contributed by atoms with Crippen molar-refractivity contribution in [3.8, 4) is 5.75 Å². The van der Waals surface area contributed by atoms with Gasteiger partial charge in [0.05, 0.1) is 138 Å². The Morgan fingerprint density at radius 1 is 0.414 bits per heavy atom.